The average Bonchev–Trinajstić information content (AvgIpc) is 3.31. The van der Waals surface area contributed by atoms with Crippen LogP contribution < -0.4 is 10.6 Å². The fourth-order valence-electron chi connectivity index (χ4n) is 2.54. The van der Waals surface area contributed by atoms with Crippen LogP contribution in [0.5, 0.6) is 0 Å². The second-order valence-corrected chi connectivity index (χ2v) is 5.60. The highest BCUT2D eigenvalue weighted by Crippen LogP contribution is 2.22. The average molecular weight is 338 g/mol. The van der Waals surface area contributed by atoms with Crippen LogP contribution in [0.2, 0.25) is 0 Å². The third-order valence-corrected chi connectivity index (χ3v) is 3.78. The van der Waals surface area contributed by atoms with Gasteiger partial charge in [-0.2, -0.15) is 5.10 Å². The Kier molecular flexibility index (Phi) is 5.64. The number of nitrogens with one attached hydrogen (secondary N) is 2. The maximum absolute atomic E-state index is 12.6. The van der Waals surface area contributed by atoms with Crippen molar-refractivity contribution in [1.82, 2.24) is 20.4 Å². The Hall–Kier alpha value is -2.86. The predicted octanol–water partition coefficient (Wildman–Crippen LogP) is 2.86. The first-order valence-corrected chi connectivity index (χ1v) is 8.48. The highest BCUT2D eigenvalue weighted by Gasteiger charge is 2.18. The molecule has 0 atom stereocenters. The summed E-state index contributed by atoms with van der Waals surface area (Å²) in [6, 6.07) is 15.0. The lowest BCUT2D eigenvalue weighted by Gasteiger charge is -2.08. The van der Waals surface area contributed by atoms with Gasteiger partial charge < -0.3 is 15.1 Å². The Bertz CT molecular complexity index is 794. The van der Waals surface area contributed by atoms with Gasteiger partial charge in [0.2, 0.25) is 0 Å². The zero-order valence-electron chi connectivity index (χ0n) is 14.2. The lowest BCUT2D eigenvalue weighted by atomic mass is 10.2. The molecular formula is C19H22N4O2. The molecule has 0 fully saturated rings. The van der Waals surface area contributed by atoms with E-state index in [0.29, 0.717) is 23.7 Å². The summed E-state index contributed by atoms with van der Waals surface area (Å²) in [6.45, 7) is 4.49. The predicted molar refractivity (Wildman–Crippen MR) is 96.8 cm³/mol. The van der Waals surface area contributed by atoms with Crippen LogP contribution >= 0.6 is 0 Å². The quantitative estimate of drug-likeness (QED) is 0.620. The largest absolute Gasteiger partial charge is 0.463 e. The second kappa shape index (κ2) is 8.30. The van der Waals surface area contributed by atoms with Gasteiger partial charge in [-0.3, -0.25) is 4.79 Å². The van der Waals surface area contributed by atoms with Gasteiger partial charge in [0.15, 0.2) is 5.76 Å². The summed E-state index contributed by atoms with van der Waals surface area (Å²) in [5.41, 5.74) is 1.95. The molecule has 0 radical (unpaired) electrons. The van der Waals surface area contributed by atoms with Crippen molar-refractivity contribution in [2.45, 2.75) is 13.3 Å². The first-order valence-electron chi connectivity index (χ1n) is 8.48. The highest BCUT2D eigenvalue weighted by atomic mass is 16.3. The molecule has 0 saturated carbocycles. The molecule has 3 rings (SSSR count). The van der Waals surface area contributed by atoms with Crippen LogP contribution in [0, 0.1) is 0 Å². The second-order valence-electron chi connectivity index (χ2n) is 5.60. The number of benzene rings is 1. The Morgan fingerprint density at radius 1 is 1.16 bits per heavy atom. The Morgan fingerprint density at radius 3 is 2.72 bits per heavy atom. The summed E-state index contributed by atoms with van der Waals surface area (Å²) in [5.74, 6) is 0.488. The van der Waals surface area contributed by atoms with Crippen molar-refractivity contribution in [3.05, 3.63) is 60.5 Å². The van der Waals surface area contributed by atoms with Crippen LogP contribution in [0.4, 0.5) is 0 Å². The van der Waals surface area contributed by atoms with E-state index in [2.05, 4.69) is 22.7 Å². The van der Waals surface area contributed by atoms with Crippen LogP contribution in [0.25, 0.3) is 17.1 Å². The van der Waals surface area contributed by atoms with Crippen LogP contribution in [0.3, 0.4) is 0 Å². The zero-order chi connectivity index (χ0) is 17.5. The van der Waals surface area contributed by atoms with Crippen LogP contribution in [-0.2, 0) is 0 Å². The minimum Gasteiger partial charge on any atom is -0.463 e. The lowest BCUT2D eigenvalue weighted by molar-refractivity contribution is 0.0945. The normalized spacial score (nSPS) is 10.8. The third kappa shape index (κ3) is 4.16. The van der Waals surface area contributed by atoms with Crippen molar-refractivity contribution in [2.75, 3.05) is 19.6 Å². The lowest BCUT2D eigenvalue weighted by Crippen LogP contribution is -2.29. The van der Waals surface area contributed by atoms with E-state index >= 15 is 0 Å². The van der Waals surface area contributed by atoms with Gasteiger partial charge in [-0.25, -0.2) is 4.68 Å². The smallest absolute Gasteiger partial charge is 0.270 e. The molecule has 0 bridgehead atoms. The van der Waals surface area contributed by atoms with Crippen molar-refractivity contribution in [3.8, 4) is 17.1 Å². The van der Waals surface area contributed by atoms with Gasteiger partial charge in [0.1, 0.15) is 11.4 Å². The van der Waals surface area contributed by atoms with Crippen LogP contribution in [0.15, 0.2) is 59.2 Å². The molecule has 25 heavy (non-hydrogen) atoms. The summed E-state index contributed by atoms with van der Waals surface area (Å²) in [4.78, 5) is 12.6. The maximum atomic E-state index is 12.6. The minimum absolute atomic E-state index is 0.148. The van der Waals surface area contributed by atoms with Crippen LogP contribution in [-0.4, -0.2) is 35.3 Å². The number of rotatable bonds is 8. The molecule has 0 unspecified atom stereocenters. The molecule has 0 aliphatic rings. The number of para-hydroxylation sites is 1. The number of amides is 1. The molecule has 130 valence electrons. The Morgan fingerprint density at radius 2 is 2.00 bits per heavy atom. The summed E-state index contributed by atoms with van der Waals surface area (Å²) in [7, 11) is 0. The van der Waals surface area contributed by atoms with Gasteiger partial charge in [0.25, 0.3) is 5.91 Å². The van der Waals surface area contributed by atoms with E-state index in [1.54, 1.807) is 23.1 Å². The molecule has 0 aliphatic heterocycles. The van der Waals surface area contributed by atoms with E-state index in [1.807, 2.05) is 36.4 Å². The maximum Gasteiger partial charge on any atom is 0.270 e. The van der Waals surface area contributed by atoms with Crippen molar-refractivity contribution >= 4 is 5.91 Å². The van der Waals surface area contributed by atoms with Gasteiger partial charge in [-0.05, 0) is 43.8 Å². The standard InChI is InChI=1S/C19H22N4O2/c1-2-20-11-7-12-21-19(24)17-14-16(18-10-6-13-25-18)22-23(17)15-8-4-3-5-9-15/h3-6,8-10,13-14,20H,2,7,11-12H2,1H3,(H,21,24). The van der Waals surface area contributed by atoms with Gasteiger partial charge in [-0.15, -0.1) is 0 Å². The summed E-state index contributed by atoms with van der Waals surface area (Å²) in [6.07, 6.45) is 2.47. The summed E-state index contributed by atoms with van der Waals surface area (Å²) < 4.78 is 7.06. The first kappa shape index (κ1) is 17.0. The van der Waals surface area contributed by atoms with E-state index in [9.17, 15) is 4.79 Å². The molecule has 1 amide bonds. The number of carbonyl (C=O) groups excluding carboxylic acids is 1. The van der Waals surface area contributed by atoms with Gasteiger partial charge >= 0.3 is 0 Å². The van der Waals surface area contributed by atoms with E-state index in [4.69, 9.17) is 4.42 Å². The Labute approximate surface area is 146 Å². The molecule has 3 aromatic rings. The summed E-state index contributed by atoms with van der Waals surface area (Å²) >= 11 is 0. The molecule has 0 aliphatic carbocycles. The number of aromatic nitrogens is 2. The van der Waals surface area contributed by atoms with Crippen molar-refractivity contribution in [3.63, 3.8) is 0 Å². The van der Waals surface area contributed by atoms with Crippen molar-refractivity contribution < 1.29 is 9.21 Å². The van der Waals surface area contributed by atoms with Crippen molar-refractivity contribution in [1.29, 1.82) is 0 Å². The SMILES string of the molecule is CCNCCCNC(=O)c1cc(-c2ccco2)nn1-c1ccccc1. The monoisotopic (exact) mass is 338 g/mol. The number of nitrogens with zero attached hydrogens (tertiary/aromatic N) is 2. The van der Waals surface area contributed by atoms with Crippen molar-refractivity contribution in [2.24, 2.45) is 0 Å². The molecule has 2 heterocycles. The van der Waals surface area contributed by atoms with E-state index in [-0.39, 0.29) is 5.91 Å². The molecule has 6 nitrogen and oxygen atoms in total. The minimum atomic E-state index is -0.148. The number of furan rings is 1. The third-order valence-electron chi connectivity index (χ3n) is 3.78. The molecule has 0 spiro atoms. The molecular weight excluding hydrogens is 316 g/mol. The molecule has 2 aromatic heterocycles. The first-order chi connectivity index (χ1) is 12.3. The van der Waals surface area contributed by atoms with Gasteiger partial charge in [-0.1, -0.05) is 25.1 Å². The molecule has 1 aromatic carbocycles. The molecule has 2 N–H and O–H groups in total. The summed E-state index contributed by atoms with van der Waals surface area (Å²) in [5, 5.41) is 10.7. The number of hydrogen-bond donors (Lipinski definition) is 2. The fraction of sp³-hybridized carbons (Fsp3) is 0.263. The number of carbonyl (C=O) groups is 1. The molecule has 6 heteroatoms. The molecule has 0 saturated heterocycles. The van der Waals surface area contributed by atoms with Gasteiger partial charge in [0.05, 0.1) is 12.0 Å². The fourth-order valence-corrected chi connectivity index (χ4v) is 2.54. The number of hydrogen-bond acceptors (Lipinski definition) is 4. The van der Waals surface area contributed by atoms with Crippen LogP contribution in [0.1, 0.15) is 23.8 Å². The van der Waals surface area contributed by atoms with E-state index in [0.717, 1.165) is 25.2 Å². The van der Waals surface area contributed by atoms with E-state index in [1.165, 1.54) is 0 Å². The van der Waals surface area contributed by atoms with E-state index < -0.39 is 0 Å². The Balaban J connectivity index is 1.82. The highest BCUT2D eigenvalue weighted by molar-refractivity contribution is 5.94. The van der Waals surface area contributed by atoms with Gasteiger partial charge in [0, 0.05) is 12.6 Å². The topological polar surface area (TPSA) is 72.1 Å². The zero-order valence-corrected chi connectivity index (χ0v) is 14.2.